The first-order chi connectivity index (χ1) is 6.29. The molecule has 0 amide bonds. The largest absolute Gasteiger partial charge is 0.238 e. The first kappa shape index (κ1) is 11.0. The van der Waals surface area contributed by atoms with Crippen molar-refractivity contribution in [1.82, 2.24) is 5.32 Å². The molecule has 0 saturated heterocycles. The van der Waals surface area contributed by atoms with Gasteiger partial charge in [0.1, 0.15) is 0 Å². The second kappa shape index (κ2) is 6.42. The second-order valence-electron chi connectivity index (χ2n) is 4.73. The highest BCUT2D eigenvalue weighted by Crippen LogP contribution is 2.18. The summed E-state index contributed by atoms with van der Waals surface area (Å²) in [6.45, 7) is 5.70. The predicted octanol–water partition coefficient (Wildman–Crippen LogP) is 3.36. The summed E-state index contributed by atoms with van der Waals surface area (Å²) in [5, 5.41) is 4.76. The molecule has 0 heterocycles. The maximum Gasteiger partial charge on any atom is 0.0246 e. The monoisotopic (exact) mass is 182 g/mol. The van der Waals surface area contributed by atoms with Crippen molar-refractivity contribution in [1.29, 1.82) is 0 Å². The van der Waals surface area contributed by atoms with Crippen molar-refractivity contribution in [3.8, 4) is 0 Å². The zero-order valence-corrected chi connectivity index (χ0v) is 9.26. The molecule has 0 aromatic rings. The van der Waals surface area contributed by atoms with E-state index in [2.05, 4.69) is 13.8 Å². The van der Waals surface area contributed by atoms with Gasteiger partial charge in [-0.2, -0.15) is 0 Å². The number of nitrogens with zero attached hydrogens (tertiary/aromatic N) is 1. The van der Waals surface area contributed by atoms with Crippen molar-refractivity contribution in [2.75, 3.05) is 6.54 Å². The van der Waals surface area contributed by atoms with E-state index in [0.717, 1.165) is 18.5 Å². The minimum Gasteiger partial charge on any atom is -0.238 e. The molecule has 1 heteroatoms. The van der Waals surface area contributed by atoms with E-state index in [1.54, 1.807) is 0 Å². The first-order valence-corrected chi connectivity index (χ1v) is 5.95. The van der Waals surface area contributed by atoms with E-state index >= 15 is 0 Å². The highest BCUT2D eigenvalue weighted by atomic mass is 14.9. The lowest BCUT2D eigenvalue weighted by Gasteiger charge is -2.21. The predicted molar refractivity (Wildman–Crippen MR) is 57.9 cm³/mol. The molecule has 1 fully saturated rings. The Bertz CT molecular complexity index is 114. The van der Waals surface area contributed by atoms with Gasteiger partial charge in [-0.1, -0.05) is 33.1 Å². The molecule has 0 spiro atoms. The summed E-state index contributed by atoms with van der Waals surface area (Å²) in [5.74, 6) is 0.849. The molecule has 0 atom stereocenters. The fourth-order valence-corrected chi connectivity index (χ4v) is 2.04. The molecule has 0 N–H and O–H groups in total. The van der Waals surface area contributed by atoms with Crippen LogP contribution in [0, 0.1) is 5.92 Å². The van der Waals surface area contributed by atoms with E-state index < -0.39 is 0 Å². The fraction of sp³-hybridized carbons (Fsp3) is 1.00. The summed E-state index contributed by atoms with van der Waals surface area (Å²) in [5.41, 5.74) is 0. The average Bonchev–Trinajstić information content (AvgIpc) is 2.14. The normalized spacial score (nSPS) is 19.6. The Morgan fingerprint density at radius 1 is 1.15 bits per heavy atom. The van der Waals surface area contributed by atoms with E-state index in [4.69, 9.17) is 5.32 Å². The molecule has 0 aromatic heterocycles. The fourth-order valence-electron chi connectivity index (χ4n) is 2.04. The van der Waals surface area contributed by atoms with Gasteiger partial charge < -0.3 is 0 Å². The van der Waals surface area contributed by atoms with Crippen molar-refractivity contribution in [2.24, 2.45) is 5.92 Å². The van der Waals surface area contributed by atoms with Gasteiger partial charge in [0, 0.05) is 12.6 Å². The lowest BCUT2D eigenvalue weighted by atomic mass is 9.95. The third kappa shape index (κ3) is 5.30. The minimum absolute atomic E-state index is 0.723. The average molecular weight is 182 g/mol. The molecule has 1 rings (SSSR count). The van der Waals surface area contributed by atoms with Crippen LogP contribution in [0.15, 0.2) is 0 Å². The van der Waals surface area contributed by atoms with Gasteiger partial charge in [-0.15, -0.1) is 0 Å². The molecule has 1 saturated carbocycles. The topological polar surface area (TPSA) is 14.1 Å². The second-order valence-corrected chi connectivity index (χ2v) is 4.73. The highest BCUT2D eigenvalue weighted by molar-refractivity contribution is 4.71. The molecule has 1 aliphatic carbocycles. The van der Waals surface area contributed by atoms with Crippen molar-refractivity contribution < 1.29 is 0 Å². The number of hydrogen-bond donors (Lipinski definition) is 0. The number of rotatable bonds is 5. The van der Waals surface area contributed by atoms with Gasteiger partial charge in [-0.05, 0) is 31.6 Å². The van der Waals surface area contributed by atoms with E-state index in [0.29, 0.717) is 0 Å². The van der Waals surface area contributed by atoms with Crippen molar-refractivity contribution in [3.05, 3.63) is 0 Å². The lowest BCUT2D eigenvalue weighted by molar-refractivity contribution is 0.360. The van der Waals surface area contributed by atoms with Gasteiger partial charge in [-0.25, -0.2) is 5.32 Å². The molecule has 0 unspecified atom stereocenters. The zero-order chi connectivity index (χ0) is 9.52. The van der Waals surface area contributed by atoms with Crippen LogP contribution in [-0.4, -0.2) is 12.6 Å². The molecule has 0 aromatic carbocycles. The van der Waals surface area contributed by atoms with E-state index in [-0.39, 0.29) is 0 Å². The van der Waals surface area contributed by atoms with Crippen LogP contribution in [0.1, 0.15) is 58.8 Å². The Hall–Kier alpha value is -0.0400. The van der Waals surface area contributed by atoms with Crippen LogP contribution in [0.5, 0.6) is 0 Å². The van der Waals surface area contributed by atoms with Crippen LogP contribution in [0.25, 0.3) is 0 Å². The quantitative estimate of drug-likeness (QED) is 0.579. The van der Waals surface area contributed by atoms with Gasteiger partial charge in [0.05, 0.1) is 0 Å². The van der Waals surface area contributed by atoms with E-state index in [9.17, 15) is 0 Å². The van der Waals surface area contributed by atoms with Crippen LogP contribution >= 0.6 is 0 Å². The van der Waals surface area contributed by atoms with Crippen molar-refractivity contribution in [2.45, 2.75) is 64.8 Å². The molecular formula is C12H24N. The Morgan fingerprint density at radius 2 is 1.85 bits per heavy atom. The van der Waals surface area contributed by atoms with Crippen molar-refractivity contribution in [3.63, 3.8) is 0 Å². The lowest BCUT2D eigenvalue weighted by Crippen LogP contribution is -2.25. The van der Waals surface area contributed by atoms with Crippen LogP contribution in [0.2, 0.25) is 0 Å². The summed E-state index contributed by atoms with van der Waals surface area (Å²) >= 11 is 0. The van der Waals surface area contributed by atoms with Crippen LogP contribution in [-0.2, 0) is 0 Å². The Kier molecular flexibility index (Phi) is 5.45. The van der Waals surface area contributed by atoms with Crippen LogP contribution in [0.3, 0.4) is 0 Å². The van der Waals surface area contributed by atoms with Crippen molar-refractivity contribution >= 4 is 0 Å². The van der Waals surface area contributed by atoms with E-state index in [1.165, 1.54) is 44.9 Å². The van der Waals surface area contributed by atoms with Gasteiger partial charge in [0.2, 0.25) is 0 Å². The molecular weight excluding hydrogens is 158 g/mol. The van der Waals surface area contributed by atoms with Crippen LogP contribution in [0.4, 0.5) is 0 Å². The molecule has 1 aliphatic rings. The van der Waals surface area contributed by atoms with Gasteiger partial charge >= 0.3 is 0 Å². The molecule has 1 nitrogen and oxygen atoms in total. The summed E-state index contributed by atoms with van der Waals surface area (Å²) in [6, 6.07) is 0.723. The Labute approximate surface area is 83.3 Å². The zero-order valence-electron chi connectivity index (χ0n) is 9.26. The Balaban J connectivity index is 1.92. The van der Waals surface area contributed by atoms with Crippen LogP contribution < -0.4 is 5.32 Å². The molecule has 0 bridgehead atoms. The summed E-state index contributed by atoms with van der Waals surface area (Å²) in [4.78, 5) is 0. The van der Waals surface area contributed by atoms with Gasteiger partial charge in [0.15, 0.2) is 0 Å². The maximum absolute atomic E-state index is 4.76. The number of hydrogen-bond acceptors (Lipinski definition) is 0. The van der Waals surface area contributed by atoms with E-state index in [1.807, 2.05) is 0 Å². The molecule has 1 radical (unpaired) electrons. The maximum atomic E-state index is 4.76. The third-order valence-corrected chi connectivity index (χ3v) is 2.90. The van der Waals surface area contributed by atoms with Gasteiger partial charge in [-0.3, -0.25) is 0 Å². The van der Waals surface area contributed by atoms with Gasteiger partial charge in [0.25, 0.3) is 0 Å². The summed E-state index contributed by atoms with van der Waals surface area (Å²) < 4.78 is 0. The SMILES string of the molecule is CC(C)CCC[N]C1CCCCC1. The Morgan fingerprint density at radius 3 is 2.46 bits per heavy atom. The third-order valence-electron chi connectivity index (χ3n) is 2.90. The smallest absolute Gasteiger partial charge is 0.0246 e. The first-order valence-electron chi connectivity index (χ1n) is 5.95. The molecule has 13 heavy (non-hydrogen) atoms. The minimum atomic E-state index is 0.723. The summed E-state index contributed by atoms with van der Waals surface area (Å²) in [7, 11) is 0. The molecule has 0 aliphatic heterocycles. The molecule has 77 valence electrons. The highest BCUT2D eigenvalue weighted by Gasteiger charge is 2.12. The summed E-state index contributed by atoms with van der Waals surface area (Å²) in [6.07, 6.45) is 9.64. The standard InChI is InChI=1S/C12H24N/c1-11(2)7-6-10-13-12-8-4-3-5-9-12/h11-12H,3-10H2,1-2H3.